The second-order valence-corrected chi connectivity index (χ2v) is 4.90. The minimum absolute atomic E-state index is 0.0312. The molecular weight excluding hydrogens is 210 g/mol. The first-order valence-corrected chi connectivity index (χ1v) is 5.58. The fourth-order valence-corrected chi connectivity index (χ4v) is 1.65. The van der Waals surface area contributed by atoms with Gasteiger partial charge in [0.1, 0.15) is 0 Å². The summed E-state index contributed by atoms with van der Waals surface area (Å²) in [5, 5.41) is 4.27. The van der Waals surface area contributed by atoms with E-state index in [9.17, 15) is 0 Å². The zero-order chi connectivity index (χ0) is 10.9. The molecule has 1 fully saturated rings. The fraction of sp³-hybridized carbons (Fsp3) is 0.500. The van der Waals surface area contributed by atoms with Crippen molar-refractivity contribution in [1.82, 2.24) is 5.32 Å². The Morgan fingerprint density at radius 3 is 2.53 bits per heavy atom. The summed E-state index contributed by atoms with van der Waals surface area (Å²) >= 11 is 5.86. The molecule has 1 aromatic carbocycles. The molecule has 0 aromatic heterocycles. The van der Waals surface area contributed by atoms with E-state index in [4.69, 9.17) is 16.3 Å². The second-order valence-electron chi connectivity index (χ2n) is 4.47. The topological polar surface area (TPSA) is 24.6 Å². The number of benzene rings is 1. The van der Waals surface area contributed by atoms with E-state index in [0.29, 0.717) is 6.10 Å². The van der Waals surface area contributed by atoms with Crippen molar-refractivity contribution in [3.8, 4) is 0 Å². The number of ether oxygens (including phenoxy) is 1. The van der Waals surface area contributed by atoms with Gasteiger partial charge >= 0.3 is 0 Å². The minimum atomic E-state index is -0.0312. The van der Waals surface area contributed by atoms with Gasteiger partial charge in [0.25, 0.3) is 0 Å². The lowest BCUT2D eigenvalue weighted by molar-refractivity contribution is 0.345. The number of epoxide rings is 1. The zero-order valence-corrected chi connectivity index (χ0v) is 9.84. The van der Waals surface area contributed by atoms with E-state index >= 15 is 0 Å². The van der Waals surface area contributed by atoms with E-state index in [1.165, 1.54) is 5.56 Å². The maximum Gasteiger partial charge on any atom is 0.0934 e. The summed E-state index contributed by atoms with van der Waals surface area (Å²) in [4.78, 5) is 0. The first-order chi connectivity index (χ1) is 7.08. The molecule has 1 saturated heterocycles. The normalized spacial score (nSPS) is 20.3. The molecular formula is C12H16ClNO. The van der Waals surface area contributed by atoms with Crippen molar-refractivity contribution < 1.29 is 4.74 Å². The Morgan fingerprint density at radius 1 is 1.40 bits per heavy atom. The first-order valence-electron chi connectivity index (χ1n) is 5.20. The number of rotatable bonds is 4. The van der Waals surface area contributed by atoms with Gasteiger partial charge in [-0.15, -0.1) is 0 Å². The van der Waals surface area contributed by atoms with Gasteiger partial charge in [0.05, 0.1) is 12.7 Å². The molecule has 1 heterocycles. The predicted molar refractivity (Wildman–Crippen MR) is 62.2 cm³/mol. The van der Waals surface area contributed by atoms with Crippen LogP contribution in [0.2, 0.25) is 5.02 Å². The van der Waals surface area contributed by atoms with Crippen molar-refractivity contribution in [2.45, 2.75) is 25.5 Å². The third-order valence-corrected chi connectivity index (χ3v) is 2.99. The van der Waals surface area contributed by atoms with Crippen LogP contribution in [0.3, 0.4) is 0 Å². The van der Waals surface area contributed by atoms with E-state index < -0.39 is 0 Å². The Labute approximate surface area is 95.6 Å². The lowest BCUT2D eigenvalue weighted by Gasteiger charge is -2.26. The summed E-state index contributed by atoms with van der Waals surface area (Å²) in [7, 11) is 0. The van der Waals surface area contributed by atoms with Crippen LogP contribution >= 0.6 is 11.6 Å². The molecule has 0 radical (unpaired) electrons. The number of halogens is 1. The molecule has 0 amide bonds. The minimum Gasteiger partial charge on any atom is -0.372 e. The van der Waals surface area contributed by atoms with Gasteiger partial charge in [-0.1, -0.05) is 23.7 Å². The number of hydrogen-bond donors (Lipinski definition) is 1. The summed E-state index contributed by atoms with van der Waals surface area (Å²) < 4.78 is 5.18. The van der Waals surface area contributed by atoms with Crippen molar-refractivity contribution in [1.29, 1.82) is 0 Å². The summed E-state index contributed by atoms with van der Waals surface area (Å²) in [5.41, 5.74) is 1.21. The average Bonchev–Trinajstić information content (AvgIpc) is 2.99. The van der Waals surface area contributed by atoms with Crippen LogP contribution in [0.1, 0.15) is 19.4 Å². The van der Waals surface area contributed by atoms with Crippen molar-refractivity contribution in [2.24, 2.45) is 0 Å². The largest absolute Gasteiger partial charge is 0.372 e. The van der Waals surface area contributed by atoms with Crippen LogP contribution in [-0.2, 0) is 10.3 Å². The third-order valence-electron chi connectivity index (χ3n) is 2.74. The molecule has 0 bridgehead atoms. The monoisotopic (exact) mass is 225 g/mol. The van der Waals surface area contributed by atoms with E-state index in [2.05, 4.69) is 31.3 Å². The lowest BCUT2D eigenvalue weighted by Crippen LogP contribution is -2.38. The smallest absolute Gasteiger partial charge is 0.0934 e. The van der Waals surface area contributed by atoms with E-state index in [-0.39, 0.29) is 5.54 Å². The Morgan fingerprint density at radius 2 is 2.00 bits per heavy atom. The SMILES string of the molecule is CC(C)(NCC1CO1)c1ccc(Cl)cc1. The molecule has 3 heteroatoms. The van der Waals surface area contributed by atoms with Crippen molar-refractivity contribution in [3.05, 3.63) is 34.9 Å². The number of nitrogens with one attached hydrogen (secondary N) is 1. The molecule has 0 spiro atoms. The maximum absolute atomic E-state index is 5.86. The van der Waals surface area contributed by atoms with Crippen LogP contribution in [0.4, 0.5) is 0 Å². The Balaban J connectivity index is 2.02. The number of hydrogen-bond acceptors (Lipinski definition) is 2. The fourth-order valence-electron chi connectivity index (χ4n) is 1.52. The van der Waals surface area contributed by atoms with Crippen LogP contribution in [-0.4, -0.2) is 19.3 Å². The van der Waals surface area contributed by atoms with Crippen molar-refractivity contribution >= 4 is 11.6 Å². The Bertz CT molecular complexity index is 330. The van der Waals surface area contributed by atoms with Crippen molar-refractivity contribution in [2.75, 3.05) is 13.2 Å². The quantitative estimate of drug-likeness (QED) is 0.797. The Kier molecular flexibility index (Phi) is 3.01. The van der Waals surface area contributed by atoms with E-state index in [1.807, 2.05) is 12.1 Å². The first kappa shape index (κ1) is 10.9. The van der Waals surface area contributed by atoms with Crippen LogP contribution in [0.15, 0.2) is 24.3 Å². The molecule has 2 nitrogen and oxygen atoms in total. The third kappa shape index (κ3) is 2.94. The molecule has 2 rings (SSSR count). The molecule has 1 aromatic rings. The van der Waals surface area contributed by atoms with Crippen molar-refractivity contribution in [3.63, 3.8) is 0 Å². The molecule has 1 atom stereocenters. The van der Waals surface area contributed by atoms with Gasteiger partial charge < -0.3 is 10.1 Å². The van der Waals surface area contributed by atoms with Gasteiger partial charge in [0, 0.05) is 17.1 Å². The molecule has 1 N–H and O–H groups in total. The van der Waals surface area contributed by atoms with E-state index in [0.717, 1.165) is 18.2 Å². The van der Waals surface area contributed by atoms with Gasteiger partial charge in [-0.25, -0.2) is 0 Å². The highest BCUT2D eigenvalue weighted by atomic mass is 35.5. The highest BCUT2D eigenvalue weighted by Crippen LogP contribution is 2.22. The molecule has 0 aliphatic carbocycles. The average molecular weight is 226 g/mol. The highest BCUT2D eigenvalue weighted by molar-refractivity contribution is 6.30. The van der Waals surface area contributed by atoms with Crippen LogP contribution in [0, 0.1) is 0 Å². The van der Waals surface area contributed by atoms with Gasteiger partial charge in [0.2, 0.25) is 0 Å². The van der Waals surface area contributed by atoms with Gasteiger partial charge in [-0.3, -0.25) is 0 Å². The summed E-state index contributed by atoms with van der Waals surface area (Å²) in [6.07, 6.45) is 0.413. The predicted octanol–water partition coefficient (Wildman–Crippen LogP) is 2.56. The Hall–Kier alpha value is -0.570. The van der Waals surface area contributed by atoms with Gasteiger partial charge in [-0.05, 0) is 31.5 Å². The van der Waals surface area contributed by atoms with Crippen LogP contribution < -0.4 is 5.32 Å². The van der Waals surface area contributed by atoms with Gasteiger partial charge in [0.15, 0.2) is 0 Å². The summed E-state index contributed by atoms with van der Waals surface area (Å²) in [6, 6.07) is 7.97. The molecule has 15 heavy (non-hydrogen) atoms. The molecule has 0 saturated carbocycles. The zero-order valence-electron chi connectivity index (χ0n) is 9.09. The molecule has 1 aliphatic heterocycles. The summed E-state index contributed by atoms with van der Waals surface area (Å²) in [6.45, 7) is 6.14. The van der Waals surface area contributed by atoms with Crippen LogP contribution in [0.25, 0.3) is 0 Å². The summed E-state index contributed by atoms with van der Waals surface area (Å²) in [5.74, 6) is 0. The lowest BCUT2D eigenvalue weighted by atomic mass is 9.94. The van der Waals surface area contributed by atoms with E-state index in [1.54, 1.807) is 0 Å². The van der Waals surface area contributed by atoms with Gasteiger partial charge in [-0.2, -0.15) is 0 Å². The standard InChI is InChI=1S/C12H16ClNO/c1-12(2,14-7-11-8-15-11)9-3-5-10(13)6-4-9/h3-6,11,14H,7-8H2,1-2H3. The highest BCUT2D eigenvalue weighted by Gasteiger charge is 2.26. The maximum atomic E-state index is 5.86. The molecule has 1 aliphatic rings. The molecule has 1 unspecified atom stereocenters. The molecule has 82 valence electrons. The van der Waals surface area contributed by atoms with Crippen LogP contribution in [0.5, 0.6) is 0 Å². The second kappa shape index (κ2) is 4.12.